The van der Waals surface area contributed by atoms with E-state index in [2.05, 4.69) is 23.7 Å². The average molecular weight is 388 g/mol. The van der Waals surface area contributed by atoms with Gasteiger partial charge < -0.3 is 10.0 Å². The summed E-state index contributed by atoms with van der Waals surface area (Å²) in [5, 5.41) is 9.41. The van der Waals surface area contributed by atoms with Crippen LogP contribution in [-0.2, 0) is 11.2 Å². The molecular formula is C22H26F2N2O2. The van der Waals surface area contributed by atoms with E-state index in [1.54, 1.807) is 13.0 Å². The normalized spacial score (nSPS) is 16.3. The van der Waals surface area contributed by atoms with E-state index in [0.29, 0.717) is 22.5 Å². The second-order valence-corrected chi connectivity index (χ2v) is 8.36. The highest BCUT2D eigenvalue weighted by Gasteiger charge is 2.30. The number of hydrogen-bond donors (Lipinski definition) is 1. The van der Waals surface area contributed by atoms with Crippen molar-refractivity contribution in [1.82, 2.24) is 4.98 Å². The van der Waals surface area contributed by atoms with Crippen molar-refractivity contribution >= 4 is 11.7 Å². The Bertz CT molecular complexity index is 915. The molecule has 1 aliphatic rings. The van der Waals surface area contributed by atoms with E-state index < -0.39 is 17.6 Å². The Kier molecular flexibility index (Phi) is 5.41. The van der Waals surface area contributed by atoms with Crippen LogP contribution in [0.3, 0.4) is 0 Å². The number of carbonyl (C=O) groups is 1. The van der Waals surface area contributed by atoms with E-state index in [-0.39, 0.29) is 23.0 Å². The van der Waals surface area contributed by atoms with Crippen molar-refractivity contribution in [3.63, 3.8) is 0 Å². The molecule has 1 aromatic heterocycles. The molecule has 2 aromatic rings. The molecule has 1 aliphatic heterocycles. The van der Waals surface area contributed by atoms with Crippen molar-refractivity contribution in [2.45, 2.75) is 47.0 Å². The van der Waals surface area contributed by atoms with E-state index in [0.717, 1.165) is 25.9 Å². The minimum Gasteiger partial charge on any atom is -0.481 e. The molecule has 0 radical (unpaired) electrons. The number of benzene rings is 1. The third-order valence-electron chi connectivity index (χ3n) is 5.69. The van der Waals surface area contributed by atoms with E-state index in [1.165, 1.54) is 19.2 Å². The third kappa shape index (κ3) is 3.86. The van der Waals surface area contributed by atoms with Gasteiger partial charge in [0.25, 0.3) is 0 Å². The summed E-state index contributed by atoms with van der Waals surface area (Å²) in [4.78, 5) is 17.9. The van der Waals surface area contributed by atoms with Gasteiger partial charge >= 0.3 is 5.97 Å². The van der Waals surface area contributed by atoms with Gasteiger partial charge in [-0.15, -0.1) is 0 Å². The summed E-state index contributed by atoms with van der Waals surface area (Å²) in [6, 6.07) is 3.08. The zero-order valence-corrected chi connectivity index (χ0v) is 16.8. The molecule has 0 atom stereocenters. The fourth-order valence-corrected chi connectivity index (χ4v) is 3.75. The molecule has 6 heteroatoms. The second kappa shape index (κ2) is 7.49. The first-order chi connectivity index (χ1) is 13.1. The van der Waals surface area contributed by atoms with Crippen molar-refractivity contribution in [3.8, 4) is 11.1 Å². The van der Waals surface area contributed by atoms with Gasteiger partial charge in [0.15, 0.2) is 11.6 Å². The van der Waals surface area contributed by atoms with Crippen LogP contribution in [0.5, 0.6) is 0 Å². The molecule has 0 unspecified atom stereocenters. The van der Waals surface area contributed by atoms with E-state index in [1.807, 2.05) is 0 Å². The summed E-state index contributed by atoms with van der Waals surface area (Å²) in [6.07, 6.45) is 3.19. The van der Waals surface area contributed by atoms with Crippen molar-refractivity contribution in [3.05, 3.63) is 46.8 Å². The van der Waals surface area contributed by atoms with Crippen LogP contribution in [-0.4, -0.2) is 29.1 Å². The summed E-state index contributed by atoms with van der Waals surface area (Å²) >= 11 is 0. The van der Waals surface area contributed by atoms with Crippen molar-refractivity contribution in [2.75, 3.05) is 18.0 Å². The molecule has 1 saturated heterocycles. The van der Waals surface area contributed by atoms with Gasteiger partial charge in [0, 0.05) is 41.7 Å². The highest BCUT2D eigenvalue weighted by atomic mass is 19.2. The predicted molar refractivity (Wildman–Crippen MR) is 106 cm³/mol. The lowest BCUT2D eigenvalue weighted by atomic mass is 9.82. The largest absolute Gasteiger partial charge is 0.481 e. The Hall–Kier alpha value is -2.50. The van der Waals surface area contributed by atoms with Crippen LogP contribution in [0.1, 0.15) is 43.5 Å². The molecule has 0 aliphatic carbocycles. The van der Waals surface area contributed by atoms with Crippen LogP contribution in [0.2, 0.25) is 0 Å². The number of halogens is 2. The Labute approximate surface area is 164 Å². The minimum atomic E-state index is -0.976. The van der Waals surface area contributed by atoms with Crippen molar-refractivity contribution in [1.29, 1.82) is 0 Å². The standard InChI is InChI=1S/C22H26F2N2O2/c1-13-5-6-15(20(24)19(13)23)17-12-25-14(2)16(11-18(27)28)21(17)26-9-7-22(3,4)8-10-26/h5-6,12H,7-11H2,1-4H3,(H,27,28). The highest BCUT2D eigenvalue weighted by molar-refractivity contribution is 5.85. The highest BCUT2D eigenvalue weighted by Crippen LogP contribution is 2.41. The number of carboxylic acids is 1. The molecule has 0 spiro atoms. The summed E-state index contributed by atoms with van der Waals surface area (Å²) < 4.78 is 29.0. The molecule has 0 bridgehead atoms. The lowest BCUT2D eigenvalue weighted by molar-refractivity contribution is -0.136. The van der Waals surface area contributed by atoms with Gasteiger partial charge in [-0.05, 0) is 37.7 Å². The maximum Gasteiger partial charge on any atom is 0.307 e. The maximum absolute atomic E-state index is 14.8. The zero-order chi connectivity index (χ0) is 20.6. The van der Waals surface area contributed by atoms with Gasteiger partial charge in [-0.3, -0.25) is 9.78 Å². The molecule has 150 valence electrons. The molecule has 3 rings (SSSR count). The summed E-state index contributed by atoms with van der Waals surface area (Å²) in [5.74, 6) is -2.79. The SMILES string of the molecule is Cc1ccc(-c2cnc(C)c(CC(=O)O)c2N2CCC(C)(C)CC2)c(F)c1F. The average Bonchev–Trinajstić information content (AvgIpc) is 2.62. The zero-order valence-electron chi connectivity index (χ0n) is 16.8. The molecule has 0 saturated carbocycles. The molecule has 2 heterocycles. The van der Waals surface area contributed by atoms with Gasteiger partial charge in [-0.2, -0.15) is 0 Å². The maximum atomic E-state index is 14.8. The van der Waals surface area contributed by atoms with Gasteiger partial charge in [-0.25, -0.2) is 8.78 Å². The summed E-state index contributed by atoms with van der Waals surface area (Å²) in [6.45, 7) is 9.13. The Morgan fingerprint density at radius 3 is 2.39 bits per heavy atom. The molecule has 1 fully saturated rings. The number of nitrogens with zero attached hydrogens (tertiary/aromatic N) is 2. The fraction of sp³-hybridized carbons (Fsp3) is 0.455. The Morgan fingerprint density at radius 1 is 1.14 bits per heavy atom. The van der Waals surface area contributed by atoms with Gasteiger partial charge in [0.1, 0.15) is 0 Å². The van der Waals surface area contributed by atoms with Gasteiger partial charge in [-0.1, -0.05) is 26.0 Å². The van der Waals surface area contributed by atoms with E-state index in [4.69, 9.17) is 0 Å². The number of anilines is 1. The number of hydrogen-bond acceptors (Lipinski definition) is 3. The smallest absolute Gasteiger partial charge is 0.307 e. The second-order valence-electron chi connectivity index (χ2n) is 8.36. The van der Waals surface area contributed by atoms with Crippen LogP contribution in [0.25, 0.3) is 11.1 Å². The molecule has 1 aromatic carbocycles. The first-order valence-electron chi connectivity index (χ1n) is 9.51. The van der Waals surface area contributed by atoms with Gasteiger partial charge in [0.05, 0.1) is 12.1 Å². The number of rotatable bonds is 4. The van der Waals surface area contributed by atoms with Crippen LogP contribution >= 0.6 is 0 Å². The number of piperidine rings is 1. The molecular weight excluding hydrogens is 362 g/mol. The van der Waals surface area contributed by atoms with Crippen molar-refractivity contribution < 1.29 is 18.7 Å². The predicted octanol–water partition coefficient (Wildman–Crippen LogP) is 4.90. The van der Waals surface area contributed by atoms with Crippen molar-refractivity contribution in [2.24, 2.45) is 5.41 Å². The lowest BCUT2D eigenvalue weighted by Gasteiger charge is -2.40. The van der Waals surface area contributed by atoms with Gasteiger partial charge in [0.2, 0.25) is 0 Å². The monoisotopic (exact) mass is 388 g/mol. The van der Waals surface area contributed by atoms with Crippen LogP contribution in [0.15, 0.2) is 18.3 Å². The molecule has 0 amide bonds. The summed E-state index contributed by atoms with van der Waals surface area (Å²) in [5.41, 5.74) is 2.80. The molecule has 4 nitrogen and oxygen atoms in total. The number of aliphatic carboxylic acids is 1. The minimum absolute atomic E-state index is 0.113. The third-order valence-corrected chi connectivity index (χ3v) is 5.69. The number of aromatic nitrogens is 1. The molecule has 28 heavy (non-hydrogen) atoms. The van der Waals surface area contributed by atoms with Crippen LogP contribution in [0.4, 0.5) is 14.5 Å². The van der Waals surface area contributed by atoms with E-state index in [9.17, 15) is 18.7 Å². The lowest BCUT2D eigenvalue weighted by Crippen LogP contribution is -2.38. The van der Waals surface area contributed by atoms with Crippen LogP contribution in [0, 0.1) is 30.9 Å². The first kappa shape index (κ1) is 20.2. The fourth-order valence-electron chi connectivity index (χ4n) is 3.75. The molecule has 1 N–H and O–H groups in total. The quantitative estimate of drug-likeness (QED) is 0.810. The number of pyridine rings is 1. The van der Waals surface area contributed by atoms with E-state index >= 15 is 0 Å². The Balaban J connectivity index is 2.20. The number of carboxylic acid groups (broad SMARTS) is 1. The Morgan fingerprint density at radius 2 is 1.79 bits per heavy atom. The van der Waals surface area contributed by atoms with Crippen LogP contribution < -0.4 is 4.90 Å². The topological polar surface area (TPSA) is 53.4 Å². The first-order valence-corrected chi connectivity index (χ1v) is 9.51. The number of aryl methyl sites for hydroxylation is 2. The summed E-state index contributed by atoms with van der Waals surface area (Å²) in [7, 11) is 0.